The van der Waals surface area contributed by atoms with E-state index in [9.17, 15) is 18.8 Å². The summed E-state index contributed by atoms with van der Waals surface area (Å²) in [4.78, 5) is 42.1. The summed E-state index contributed by atoms with van der Waals surface area (Å²) in [5.74, 6) is -0.878. The molecule has 0 saturated carbocycles. The van der Waals surface area contributed by atoms with Gasteiger partial charge < -0.3 is 15.1 Å². The number of nitrogens with one attached hydrogen (secondary N) is 1. The quantitative estimate of drug-likeness (QED) is 0.803. The van der Waals surface area contributed by atoms with Gasteiger partial charge in [-0.3, -0.25) is 14.4 Å². The van der Waals surface area contributed by atoms with Crippen molar-refractivity contribution < 1.29 is 18.8 Å². The second-order valence-electron chi connectivity index (χ2n) is 9.35. The van der Waals surface area contributed by atoms with Crippen LogP contribution in [-0.2, 0) is 9.59 Å². The maximum Gasteiger partial charge on any atom is 0.256 e. The largest absolute Gasteiger partial charge is 0.338 e. The number of piperazine rings is 1. The highest BCUT2D eigenvalue weighted by atomic mass is 19.1. The number of nitrogens with zero attached hydrogens (tertiary/aromatic N) is 2. The highest BCUT2D eigenvalue weighted by molar-refractivity contribution is 6.10. The lowest BCUT2D eigenvalue weighted by Gasteiger charge is -2.40. The van der Waals surface area contributed by atoms with Crippen LogP contribution in [0.2, 0.25) is 0 Å². The molecule has 2 aliphatic rings. The third-order valence-electron chi connectivity index (χ3n) is 5.66. The smallest absolute Gasteiger partial charge is 0.256 e. The van der Waals surface area contributed by atoms with E-state index >= 15 is 0 Å². The Bertz CT molecular complexity index is 1040. The molecule has 1 unspecified atom stereocenters. The molecule has 1 saturated heterocycles. The van der Waals surface area contributed by atoms with Gasteiger partial charge in [-0.15, -0.1) is 0 Å². The van der Waals surface area contributed by atoms with Gasteiger partial charge in [0.15, 0.2) is 0 Å². The fourth-order valence-corrected chi connectivity index (χ4v) is 4.07. The van der Waals surface area contributed by atoms with Crippen molar-refractivity contribution in [2.75, 3.05) is 25.0 Å². The predicted octanol–water partition coefficient (Wildman–Crippen LogP) is 3.53. The molecular weight excluding hydrogens is 397 g/mol. The molecule has 0 bridgehead atoms. The first-order valence-corrected chi connectivity index (χ1v) is 10.4. The van der Waals surface area contributed by atoms with Crippen molar-refractivity contribution in [1.82, 2.24) is 9.80 Å². The molecule has 7 heteroatoms. The highest BCUT2D eigenvalue weighted by Crippen LogP contribution is 2.31. The van der Waals surface area contributed by atoms with Crippen molar-refractivity contribution in [3.8, 4) is 11.1 Å². The molecular formula is C24H26FN3O3. The van der Waals surface area contributed by atoms with Crippen molar-refractivity contribution in [1.29, 1.82) is 0 Å². The Morgan fingerprint density at radius 2 is 1.74 bits per heavy atom. The third-order valence-corrected chi connectivity index (χ3v) is 5.66. The lowest BCUT2D eigenvalue weighted by molar-refractivity contribution is -0.137. The molecule has 1 atom stereocenters. The molecule has 0 aromatic heterocycles. The monoisotopic (exact) mass is 423 g/mol. The van der Waals surface area contributed by atoms with Crippen LogP contribution in [0.5, 0.6) is 0 Å². The topological polar surface area (TPSA) is 69.7 Å². The molecule has 31 heavy (non-hydrogen) atoms. The summed E-state index contributed by atoms with van der Waals surface area (Å²) in [6, 6.07) is 10.5. The zero-order valence-corrected chi connectivity index (χ0v) is 17.9. The van der Waals surface area contributed by atoms with Crippen LogP contribution in [0.3, 0.4) is 0 Å². The summed E-state index contributed by atoms with van der Waals surface area (Å²) >= 11 is 0. The number of anilines is 1. The Morgan fingerprint density at radius 1 is 1.06 bits per heavy atom. The molecule has 0 radical (unpaired) electrons. The zero-order valence-electron chi connectivity index (χ0n) is 17.9. The average molecular weight is 423 g/mol. The van der Waals surface area contributed by atoms with Gasteiger partial charge in [0.05, 0.1) is 17.8 Å². The van der Waals surface area contributed by atoms with E-state index in [4.69, 9.17) is 0 Å². The normalized spacial score (nSPS) is 18.8. The van der Waals surface area contributed by atoms with Gasteiger partial charge in [0.2, 0.25) is 11.8 Å². The number of carbonyl (C=O) groups excluding carboxylic acids is 3. The maximum atomic E-state index is 13.3. The molecule has 3 amide bonds. The number of fused-ring (bicyclic) bond motifs is 2. The lowest BCUT2D eigenvalue weighted by atomic mass is 9.91. The number of halogens is 1. The molecule has 1 N–H and O–H groups in total. The number of hydrogen-bond acceptors (Lipinski definition) is 3. The van der Waals surface area contributed by atoms with Crippen molar-refractivity contribution in [3.63, 3.8) is 0 Å². The maximum absolute atomic E-state index is 13.3. The molecule has 162 valence electrons. The van der Waals surface area contributed by atoms with Gasteiger partial charge in [-0.1, -0.05) is 39.0 Å². The first-order valence-electron chi connectivity index (χ1n) is 10.4. The Morgan fingerprint density at radius 3 is 2.42 bits per heavy atom. The molecule has 2 aliphatic heterocycles. The van der Waals surface area contributed by atoms with Gasteiger partial charge in [-0.25, -0.2) is 4.39 Å². The van der Waals surface area contributed by atoms with E-state index in [1.54, 1.807) is 40.1 Å². The first-order chi connectivity index (χ1) is 14.6. The summed E-state index contributed by atoms with van der Waals surface area (Å²) in [7, 11) is 0. The number of rotatable bonds is 2. The van der Waals surface area contributed by atoms with Crippen LogP contribution in [0.4, 0.5) is 10.1 Å². The summed E-state index contributed by atoms with van der Waals surface area (Å²) in [5.41, 5.74) is 2.23. The van der Waals surface area contributed by atoms with Gasteiger partial charge in [-0.2, -0.15) is 0 Å². The Labute approximate surface area is 181 Å². The van der Waals surface area contributed by atoms with E-state index in [1.807, 2.05) is 20.8 Å². The van der Waals surface area contributed by atoms with Crippen LogP contribution >= 0.6 is 0 Å². The summed E-state index contributed by atoms with van der Waals surface area (Å²) in [5, 5.41) is 2.85. The fourth-order valence-electron chi connectivity index (χ4n) is 4.07. The van der Waals surface area contributed by atoms with Crippen LogP contribution in [-0.4, -0.2) is 53.2 Å². The van der Waals surface area contributed by atoms with Crippen LogP contribution in [0.25, 0.3) is 11.1 Å². The molecule has 0 spiro atoms. The van der Waals surface area contributed by atoms with Crippen molar-refractivity contribution in [2.24, 2.45) is 5.41 Å². The van der Waals surface area contributed by atoms with E-state index in [2.05, 4.69) is 5.32 Å². The standard InChI is InChI=1S/C24H26FN3O3/c1-24(2,3)13-21(29)27-10-11-28-20(14-27)22(30)26-19-9-6-16(12-18(19)23(28)31)15-4-7-17(25)8-5-15/h4-9,12,20H,10-11,13-14H2,1-3H3,(H,26,30). The summed E-state index contributed by atoms with van der Waals surface area (Å²) in [6.45, 7) is 6.88. The predicted molar refractivity (Wildman–Crippen MR) is 116 cm³/mol. The Balaban J connectivity index is 1.60. The molecule has 6 nitrogen and oxygen atoms in total. The number of carbonyl (C=O) groups is 3. The van der Waals surface area contributed by atoms with Crippen LogP contribution in [0.15, 0.2) is 42.5 Å². The highest BCUT2D eigenvalue weighted by Gasteiger charge is 2.40. The van der Waals surface area contributed by atoms with Crippen molar-refractivity contribution in [2.45, 2.75) is 33.2 Å². The van der Waals surface area contributed by atoms with Crippen molar-refractivity contribution >= 4 is 23.4 Å². The van der Waals surface area contributed by atoms with Crippen LogP contribution in [0.1, 0.15) is 37.6 Å². The van der Waals surface area contributed by atoms with Gasteiger partial charge >= 0.3 is 0 Å². The van der Waals surface area contributed by atoms with Gasteiger partial charge in [0.25, 0.3) is 5.91 Å². The first kappa shape index (κ1) is 21.0. The third kappa shape index (κ3) is 4.31. The van der Waals surface area contributed by atoms with Gasteiger partial charge in [-0.05, 0) is 40.8 Å². The van der Waals surface area contributed by atoms with E-state index in [0.29, 0.717) is 30.8 Å². The molecule has 2 heterocycles. The SMILES string of the molecule is CC(C)(C)CC(=O)N1CCN2C(=O)c3cc(-c4ccc(F)cc4)ccc3NC(=O)C2C1. The summed E-state index contributed by atoms with van der Waals surface area (Å²) in [6.07, 6.45) is 0.385. The van der Waals surface area contributed by atoms with Gasteiger partial charge in [0.1, 0.15) is 11.9 Å². The molecule has 4 rings (SSSR count). The van der Waals surface area contributed by atoms with Crippen LogP contribution < -0.4 is 5.32 Å². The van der Waals surface area contributed by atoms with E-state index in [0.717, 1.165) is 11.1 Å². The number of hydrogen-bond donors (Lipinski definition) is 1. The van der Waals surface area contributed by atoms with Gasteiger partial charge in [0, 0.05) is 19.5 Å². The minimum atomic E-state index is -0.730. The molecule has 1 fully saturated rings. The molecule has 2 aromatic carbocycles. The summed E-state index contributed by atoms with van der Waals surface area (Å²) < 4.78 is 13.3. The van der Waals surface area contributed by atoms with E-state index < -0.39 is 6.04 Å². The zero-order chi connectivity index (χ0) is 22.3. The fraction of sp³-hybridized carbons (Fsp3) is 0.375. The van der Waals surface area contributed by atoms with E-state index in [-0.39, 0.29) is 35.5 Å². The van der Waals surface area contributed by atoms with E-state index in [1.165, 1.54) is 12.1 Å². The number of benzene rings is 2. The minimum Gasteiger partial charge on any atom is -0.338 e. The molecule has 2 aromatic rings. The minimum absolute atomic E-state index is 0.00671. The number of amides is 3. The average Bonchev–Trinajstić information content (AvgIpc) is 2.82. The molecule has 0 aliphatic carbocycles. The van der Waals surface area contributed by atoms with Crippen molar-refractivity contribution in [3.05, 3.63) is 53.8 Å². The Kier molecular flexibility index (Phi) is 5.29. The van der Waals surface area contributed by atoms with Crippen LogP contribution in [0, 0.1) is 11.2 Å². The second kappa shape index (κ2) is 7.80. The lowest BCUT2D eigenvalue weighted by Crippen LogP contribution is -2.59. The second-order valence-corrected chi connectivity index (χ2v) is 9.35. The Hall–Kier alpha value is -3.22.